The van der Waals surface area contributed by atoms with E-state index in [1.165, 1.54) is 7.11 Å². The van der Waals surface area contributed by atoms with Gasteiger partial charge < -0.3 is 33.5 Å². The van der Waals surface area contributed by atoms with E-state index in [2.05, 4.69) is 4.74 Å². The van der Waals surface area contributed by atoms with Crippen molar-refractivity contribution in [2.24, 2.45) is 0 Å². The molecule has 0 fully saturated rings. The van der Waals surface area contributed by atoms with Crippen molar-refractivity contribution in [1.82, 2.24) is 0 Å². The first-order chi connectivity index (χ1) is 7.72. The zero-order chi connectivity index (χ0) is 11.8. The average Bonchev–Trinajstić information content (AvgIpc) is 2.34. The van der Waals surface area contributed by atoms with Gasteiger partial charge in [0, 0.05) is 24.3 Å². The SMILES string of the molecule is COC(=O)C=CC(=O)OC[n+]1ccccc1.[I-]. The lowest BCUT2D eigenvalue weighted by Crippen LogP contribution is -3.00. The van der Waals surface area contributed by atoms with Crippen molar-refractivity contribution in [2.75, 3.05) is 7.11 Å². The number of ether oxygens (including phenoxy) is 2. The summed E-state index contributed by atoms with van der Waals surface area (Å²) in [6.45, 7) is 0.102. The van der Waals surface area contributed by atoms with Crippen molar-refractivity contribution in [3.05, 3.63) is 42.7 Å². The van der Waals surface area contributed by atoms with E-state index in [9.17, 15) is 9.59 Å². The van der Waals surface area contributed by atoms with Gasteiger partial charge in [-0.25, -0.2) is 9.59 Å². The van der Waals surface area contributed by atoms with E-state index in [1.807, 2.05) is 18.2 Å². The van der Waals surface area contributed by atoms with Gasteiger partial charge in [0.15, 0.2) is 12.4 Å². The smallest absolute Gasteiger partial charge is 0.335 e. The Morgan fingerprint density at radius 1 is 1.12 bits per heavy atom. The molecule has 0 atom stereocenters. The topological polar surface area (TPSA) is 56.5 Å². The second kappa shape index (κ2) is 8.68. The van der Waals surface area contributed by atoms with Crippen LogP contribution >= 0.6 is 0 Å². The second-order valence-electron chi connectivity index (χ2n) is 2.84. The third-order valence-electron chi connectivity index (χ3n) is 1.69. The van der Waals surface area contributed by atoms with Crippen LogP contribution in [-0.4, -0.2) is 19.0 Å². The summed E-state index contributed by atoms with van der Waals surface area (Å²) in [6.07, 6.45) is 5.56. The summed E-state index contributed by atoms with van der Waals surface area (Å²) >= 11 is 0. The second-order valence-corrected chi connectivity index (χ2v) is 2.84. The normalized spacial score (nSPS) is 9.47. The minimum atomic E-state index is -0.596. The fourth-order valence-electron chi connectivity index (χ4n) is 0.911. The first kappa shape index (κ1) is 15.6. The van der Waals surface area contributed by atoms with Gasteiger partial charge in [-0.2, -0.15) is 4.57 Å². The number of carbonyl (C=O) groups excluding carboxylic acids is 2. The van der Waals surface area contributed by atoms with Crippen LogP contribution in [0.5, 0.6) is 0 Å². The number of methoxy groups -OCH3 is 1. The van der Waals surface area contributed by atoms with E-state index < -0.39 is 11.9 Å². The first-order valence-corrected chi connectivity index (χ1v) is 4.59. The molecule has 0 saturated carbocycles. The van der Waals surface area contributed by atoms with Crippen molar-refractivity contribution in [3.8, 4) is 0 Å². The standard InChI is InChI=1S/C11H12NO4.HI/c1-15-10(13)5-6-11(14)16-9-12-7-3-2-4-8-12;/h2-8H,9H2,1H3;1H/q+1;/p-1. The first-order valence-electron chi connectivity index (χ1n) is 4.59. The van der Waals surface area contributed by atoms with Crippen LogP contribution in [0.4, 0.5) is 0 Å². The Bertz CT molecular complexity index is 392. The van der Waals surface area contributed by atoms with Crippen molar-refractivity contribution < 1.29 is 47.6 Å². The fraction of sp³-hybridized carbons (Fsp3) is 0.182. The van der Waals surface area contributed by atoms with Gasteiger partial charge in [0.25, 0.3) is 6.73 Å². The van der Waals surface area contributed by atoms with Crippen molar-refractivity contribution >= 4 is 11.9 Å². The van der Waals surface area contributed by atoms with Crippen LogP contribution in [0.15, 0.2) is 42.7 Å². The average molecular weight is 349 g/mol. The molecule has 0 aliphatic carbocycles. The molecular formula is C11H12INO4. The predicted molar refractivity (Wildman–Crippen MR) is 53.9 cm³/mol. The number of esters is 2. The lowest BCUT2D eigenvalue weighted by molar-refractivity contribution is -0.727. The highest BCUT2D eigenvalue weighted by Gasteiger charge is 2.03. The molecule has 0 amide bonds. The Morgan fingerprint density at radius 3 is 2.29 bits per heavy atom. The lowest BCUT2D eigenvalue weighted by Gasteiger charge is -1.96. The summed E-state index contributed by atoms with van der Waals surface area (Å²) in [5, 5.41) is 0. The van der Waals surface area contributed by atoms with Gasteiger partial charge >= 0.3 is 11.9 Å². The minimum Gasteiger partial charge on any atom is -1.00 e. The van der Waals surface area contributed by atoms with Crippen LogP contribution in [0.1, 0.15) is 0 Å². The van der Waals surface area contributed by atoms with Gasteiger partial charge in [-0.15, -0.1) is 0 Å². The van der Waals surface area contributed by atoms with E-state index in [-0.39, 0.29) is 30.7 Å². The largest absolute Gasteiger partial charge is 1.00 e. The fourth-order valence-corrected chi connectivity index (χ4v) is 0.911. The molecule has 92 valence electrons. The van der Waals surface area contributed by atoms with Crippen molar-refractivity contribution in [3.63, 3.8) is 0 Å². The van der Waals surface area contributed by atoms with E-state index in [4.69, 9.17) is 4.74 Å². The zero-order valence-corrected chi connectivity index (χ0v) is 11.4. The van der Waals surface area contributed by atoms with Crippen LogP contribution in [0.25, 0.3) is 0 Å². The van der Waals surface area contributed by atoms with Crippen LogP contribution in [0.2, 0.25) is 0 Å². The van der Waals surface area contributed by atoms with Crippen LogP contribution in [-0.2, 0) is 25.8 Å². The quantitative estimate of drug-likeness (QED) is 0.255. The molecule has 1 heterocycles. The Balaban J connectivity index is 0.00000256. The zero-order valence-electron chi connectivity index (χ0n) is 9.21. The monoisotopic (exact) mass is 349 g/mol. The third-order valence-corrected chi connectivity index (χ3v) is 1.69. The van der Waals surface area contributed by atoms with Gasteiger partial charge in [-0.1, -0.05) is 6.07 Å². The maximum atomic E-state index is 11.1. The molecule has 1 rings (SSSR count). The predicted octanol–water partition coefficient (Wildman–Crippen LogP) is -2.79. The highest BCUT2D eigenvalue weighted by atomic mass is 127. The van der Waals surface area contributed by atoms with E-state index in [1.54, 1.807) is 17.0 Å². The maximum absolute atomic E-state index is 11.1. The molecule has 1 aromatic rings. The highest BCUT2D eigenvalue weighted by molar-refractivity contribution is 5.91. The Morgan fingerprint density at radius 2 is 1.71 bits per heavy atom. The molecule has 5 nitrogen and oxygen atoms in total. The summed E-state index contributed by atoms with van der Waals surface area (Å²) in [5.41, 5.74) is 0. The van der Waals surface area contributed by atoms with Gasteiger partial charge in [0.05, 0.1) is 7.11 Å². The number of rotatable bonds is 4. The van der Waals surface area contributed by atoms with E-state index in [0.29, 0.717) is 0 Å². The molecule has 0 bridgehead atoms. The molecule has 0 aliphatic rings. The third kappa shape index (κ3) is 6.67. The number of pyridine rings is 1. The number of nitrogens with zero attached hydrogens (tertiary/aromatic N) is 1. The van der Waals surface area contributed by atoms with Gasteiger partial charge in [-0.05, 0) is 0 Å². The molecule has 6 heteroatoms. The molecule has 0 spiro atoms. The van der Waals surface area contributed by atoms with Gasteiger partial charge in [0.2, 0.25) is 0 Å². The Kier molecular flexibility index (Phi) is 7.95. The number of halogens is 1. The molecular weight excluding hydrogens is 337 g/mol. The Hall–Kier alpha value is -1.44. The molecule has 0 radical (unpaired) electrons. The van der Waals surface area contributed by atoms with Crippen molar-refractivity contribution in [1.29, 1.82) is 0 Å². The molecule has 17 heavy (non-hydrogen) atoms. The molecule has 0 aliphatic heterocycles. The maximum Gasteiger partial charge on any atom is 0.335 e. The number of carbonyl (C=O) groups is 2. The van der Waals surface area contributed by atoms with E-state index >= 15 is 0 Å². The van der Waals surface area contributed by atoms with Crippen LogP contribution < -0.4 is 28.5 Å². The molecule has 0 unspecified atom stereocenters. The highest BCUT2D eigenvalue weighted by Crippen LogP contribution is 1.85. The number of hydrogen-bond acceptors (Lipinski definition) is 4. The van der Waals surface area contributed by atoms with E-state index in [0.717, 1.165) is 12.2 Å². The van der Waals surface area contributed by atoms with Gasteiger partial charge in [0.1, 0.15) is 0 Å². The minimum absolute atomic E-state index is 0. The van der Waals surface area contributed by atoms with Gasteiger partial charge in [-0.3, -0.25) is 0 Å². The molecule has 1 aromatic heterocycles. The summed E-state index contributed by atoms with van der Waals surface area (Å²) < 4.78 is 10.9. The molecule has 0 N–H and O–H groups in total. The van der Waals surface area contributed by atoms with Crippen LogP contribution in [0.3, 0.4) is 0 Å². The summed E-state index contributed by atoms with van der Waals surface area (Å²) in [4.78, 5) is 21.8. The van der Waals surface area contributed by atoms with Crippen LogP contribution in [0, 0.1) is 0 Å². The lowest BCUT2D eigenvalue weighted by atomic mass is 10.5. The van der Waals surface area contributed by atoms with Crippen molar-refractivity contribution in [2.45, 2.75) is 6.73 Å². The summed E-state index contributed by atoms with van der Waals surface area (Å²) in [5.74, 6) is -1.19. The summed E-state index contributed by atoms with van der Waals surface area (Å²) in [7, 11) is 1.23. The Labute approximate surface area is 116 Å². The molecule has 0 aromatic carbocycles. The summed E-state index contributed by atoms with van der Waals surface area (Å²) in [6, 6.07) is 5.49. The number of hydrogen-bond donors (Lipinski definition) is 0. The molecule has 0 saturated heterocycles. The number of aromatic nitrogens is 1.